The fraction of sp³-hybridized carbons (Fsp3) is 0.176. The number of amides is 1. The molecule has 0 saturated heterocycles. The number of hydrogen-bond donors (Lipinski definition) is 0. The van der Waals surface area contributed by atoms with Crippen LogP contribution < -0.4 is 4.74 Å². The van der Waals surface area contributed by atoms with Crippen molar-refractivity contribution in [1.29, 1.82) is 0 Å². The number of hydrogen-bond acceptors (Lipinski definition) is 3. The highest BCUT2D eigenvalue weighted by Crippen LogP contribution is 2.20. The first-order chi connectivity index (χ1) is 10.3. The summed E-state index contributed by atoms with van der Waals surface area (Å²) < 4.78 is 5.12. The summed E-state index contributed by atoms with van der Waals surface area (Å²) in [7, 11) is 1.61. The predicted octanol–water partition coefficient (Wildman–Crippen LogP) is 2.60. The zero-order valence-corrected chi connectivity index (χ0v) is 11.8. The molecule has 0 saturated carbocycles. The molecule has 2 aliphatic rings. The standard InChI is InChI=1S/C17H16N2O2/c1-21-14-9-7-13(8-10-14)17(20)19-12-11-18-15-5-3-2-4-6-16(15)19/h2-10H,11-12H2,1H3. The van der Waals surface area contributed by atoms with E-state index in [9.17, 15) is 4.79 Å². The Balaban J connectivity index is 1.90. The average Bonchev–Trinajstić information content (AvgIpc) is 2.79. The maximum Gasteiger partial charge on any atom is 0.258 e. The van der Waals surface area contributed by atoms with Crippen molar-refractivity contribution in [2.24, 2.45) is 4.99 Å². The Labute approximate surface area is 123 Å². The summed E-state index contributed by atoms with van der Waals surface area (Å²) in [6, 6.07) is 7.17. The number of carbonyl (C=O) groups is 1. The molecular formula is C17H16N2O2. The average molecular weight is 280 g/mol. The molecule has 1 aromatic carbocycles. The predicted molar refractivity (Wildman–Crippen MR) is 82.7 cm³/mol. The second kappa shape index (κ2) is 5.79. The molecule has 0 fully saturated rings. The normalized spacial score (nSPS) is 16.7. The van der Waals surface area contributed by atoms with Crippen molar-refractivity contribution in [2.45, 2.75) is 0 Å². The van der Waals surface area contributed by atoms with E-state index in [2.05, 4.69) is 4.99 Å². The van der Waals surface area contributed by atoms with Crippen LogP contribution in [0.3, 0.4) is 0 Å². The minimum Gasteiger partial charge on any atom is -0.497 e. The minimum atomic E-state index is -0.0139. The van der Waals surface area contributed by atoms with Crippen LogP contribution in [-0.2, 0) is 0 Å². The van der Waals surface area contributed by atoms with Crippen molar-refractivity contribution in [3.63, 3.8) is 0 Å². The van der Waals surface area contributed by atoms with E-state index in [1.165, 1.54) is 0 Å². The molecule has 4 heteroatoms. The van der Waals surface area contributed by atoms with Crippen LogP contribution in [0.25, 0.3) is 0 Å². The smallest absolute Gasteiger partial charge is 0.258 e. The molecule has 21 heavy (non-hydrogen) atoms. The van der Waals surface area contributed by atoms with Crippen molar-refractivity contribution in [2.75, 3.05) is 20.2 Å². The van der Waals surface area contributed by atoms with E-state index >= 15 is 0 Å². The molecule has 0 radical (unpaired) electrons. The van der Waals surface area contributed by atoms with Crippen LogP contribution in [0.2, 0.25) is 0 Å². The molecule has 0 bridgehead atoms. The molecule has 1 amide bonds. The lowest BCUT2D eigenvalue weighted by atomic mass is 10.1. The van der Waals surface area contributed by atoms with Gasteiger partial charge >= 0.3 is 0 Å². The first-order valence-corrected chi connectivity index (χ1v) is 6.85. The number of benzene rings is 1. The lowest BCUT2D eigenvalue weighted by molar-refractivity contribution is 0.0814. The Morgan fingerprint density at radius 3 is 2.76 bits per heavy atom. The van der Waals surface area contributed by atoms with Gasteiger partial charge in [0.25, 0.3) is 5.91 Å². The van der Waals surface area contributed by atoms with Gasteiger partial charge in [0.1, 0.15) is 5.75 Å². The number of aliphatic imine (C=N–C) groups is 1. The number of carbonyl (C=O) groups excluding carboxylic acids is 1. The Kier molecular flexibility index (Phi) is 3.69. The van der Waals surface area contributed by atoms with Crippen LogP contribution >= 0.6 is 0 Å². The molecule has 0 unspecified atom stereocenters. The van der Waals surface area contributed by atoms with Gasteiger partial charge in [0.15, 0.2) is 0 Å². The Hall–Kier alpha value is -2.62. The fourth-order valence-electron chi connectivity index (χ4n) is 2.38. The van der Waals surface area contributed by atoms with Crippen LogP contribution in [0, 0.1) is 0 Å². The van der Waals surface area contributed by atoms with Crippen LogP contribution in [0.5, 0.6) is 5.75 Å². The van der Waals surface area contributed by atoms with Crippen LogP contribution in [-0.4, -0.2) is 36.7 Å². The number of allylic oxidation sites excluding steroid dienone is 5. The van der Waals surface area contributed by atoms with E-state index in [0.29, 0.717) is 18.7 Å². The largest absolute Gasteiger partial charge is 0.497 e. The van der Waals surface area contributed by atoms with E-state index in [1.807, 2.05) is 30.4 Å². The Morgan fingerprint density at radius 1 is 1.19 bits per heavy atom. The Bertz CT molecular complexity index is 667. The SMILES string of the molecule is COc1ccc(C(=O)N2CCN=C3C=CC=CC=C32)cc1. The quantitative estimate of drug-likeness (QED) is 0.835. The van der Waals surface area contributed by atoms with Gasteiger partial charge in [-0.05, 0) is 36.4 Å². The molecule has 0 spiro atoms. The van der Waals surface area contributed by atoms with Gasteiger partial charge in [0, 0.05) is 12.1 Å². The van der Waals surface area contributed by atoms with Gasteiger partial charge in [-0.25, -0.2) is 0 Å². The number of rotatable bonds is 2. The van der Waals surface area contributed by atoms with E-state index in [1.54, 1.807) is 36.3 Å². The lowest BCUT2D eigenvalue weighted by Crippen LogP contribution is -2.38. The molecule has 4 nitrogen and oxygen atoms in total. The molecule has 1 aliphatic carbocycles. The summed E-state index contributed by atoms with van der Waals surface area (Å²) in [5.74, 6) is 0.729. The van der Waals surface area contributed by atoms with Gasteiger partial charge in [0.2, 0.25) is 0 Å². The summed E-state index contributed by atoms with van der Waals surface area (Å²) in [5.41, 5.74) is 2.36. The number of fused-ring (bicyclic) bond motifs is 1. The summed E-state index contributed by atoms with van der Waals surface area (Å²) in [6.45, 7) is 1.22. The third-order valence-electron chi connectivity index (χ3n) is 3.47. The maximum absolute atomic E-state index is 12.7. The van der Waals surface area contributed by atoms with Gasteiger partial charge in [-0.2, -0.15) is 0 Å². The summed E-state index contributed by atoms with van der Waals surface area (Å²) in [4.78, 5) is 19.0. The fourth-order valence-corrected chi connectivity index (χ4v) is 2.38. The van der Waals surface area contributed by atoms with Crippen molar-refractivity contribution in [3.8, 4) is 5.75 Å². The molecule has 106 valence electrons. The highest BCUT2D eigenvalue weighted by atomic mass is 16.5. The molecule has 3 rings (SSSR count). The van der Waals surface area contributed by atoms with Crippen LogP contribution in [0.4, 0.5) is 0 Å². The topological polar surface area (TPSA) is 41.9 Å². The molecular weight excluding hydrogens is 264 g/mol. The summed E-state index contributed by atoms with van der Waals surface area (Å²) in [5, 5.41) is 0. The van der Waals surface area contributed by atoms with Crippen molar-refractivity contribution < 1.29 is 9.53 Å². The third-order valence-corrected chi connectivity index (χ3v) is 3.47. The molecule has 1 heterocycles. The first-order valence-electron chi connectivity index (χ1n) is 6.85. The highest BCUT2D eigenvalue weighted by molar-refractivity contribution is 6.12. The maximum atomic E-state index is 12.7. The van der Waals surface area contributed by atoms with E-state index < -0.39 is 0 Å². The highest BCUT2D eigenvalue weighted by Gasteiger charge is 2.24. The lowest BCUT2D eigenvalue weighted by Gasteiger charge is -2.28. The molecule has 1 aliphatic heterocycles. The summed E-state index contributed by atoms with van der Waals surface area (Å²) in [6.07, 6.45) is 9.66. The van der Waals surface area contributed by atoms with Crippen LogP contribution in [0.15, 0.2) is 65.3 Å². The molecule has 0 atom stereocenters. The number of nitrogens with zero attached hydrogens (tertiary/aromatic N) is 2. The van der Waals surface area contributed by atoms with E-state index in [-0.39, 0.29) is 5.91 Å². The molecule has 0 N–H and O–H groups in total. The van der Waals surface area contributed by atoms with E-state index in [4.69, 9.17) is 4.74 Å². The monoisotopic (exact) mass is 280 g/mol. The second-order valence-corrected chi connectivity index (χ2v) is 4.75. The minimum absolute atomic E-state index is 0.0139. The van der Waals surface area contributed by atoms with Crippen molar-refractivity contribution in [3.05, 3.63) is 65.9 Å². The van der Waals surface area contributed by atoms with Gasteiger partial charge in [-0.1, -0.05) is 18.2 Å². The number of methoxy groups -OCH3 is 1. The van der Waals surface area contributed by atoms with Gasteiger partial charge in [-0.3, -0.25) is 9.79 Å². The third kappa shape index (κ3) is 2.65. The molecule has 0 aromatic heterocycles. The Morgan fingerprint density at radius 2 is 2.00 bits per heavy atom. The zero-order valence-electron chi connectivity index (χ0n) is 11.8. The van der Waals surface area contributed by atoms with Crippen molar-refractivity contribution in [1.82, 2.24) is 4.90 Å². The van der Waals surface area contributed by atoms with Gasteiger partial charge in [-0.15, -0.1) is 0 Å². The first kappa shape index (κ1) is 13.4. The van der Waals surface area contributed by atoms with Gasteiger partial charge in [0.05, 0.1) is 25.1 Å². The summed E-state index contributed by atoms with van der Waals surface area (Å²) >= 11 is 0. The van der Waals surface area contributed by atoms with Crippen LogP contribution in [0.1, 0.15) is 10.4 Å². The number of ether oxygens (including phenoxy) is 1. The second-order valence-electron chi connectivity index (χ2n) is 4.75. The zero-order chi connectivity index (χ0) is 14.7. The van der Waals surface area contributed by atoms with Crippen molar-refractivity contribution >= 4 is 11.6 Å². The van der Waals surface area contributed by atoms with Gasteiger partial charge < -0.3 is 9.64 Å². The van der Waals surface area contributed by atoms with E-state index in [0.717, 1.165) is 17.2 Å². The molecule has 1 aromatic rings.